The van der Waals surface area contributed by atoms with E-state index in [1.165, 1.54) is 36.0 Å². The summed E-state index contributed by atoms with van der Waals surface area (Å²) in [4.78, 5) is 0. The molecule has 3 aromatic carbocycles. The molecule has 0 unspecified atom stereocenters. The van der Waals surface area contributed by atoms with Gasteiger partial charge in [-0.2, -0.15) is 23.6 Å². The van der Waals surface area contributed by atoms with Gasteiger partial charge in [-0.3, -0.25) is 0 Å². The number of hydrogen-bond donors (Lipinski definition) is 0. The van der Waals surface area contributed by atoms with Gasteiger partial charge in [0, 0.05) is 16.5 Å². The average molecular weight is 356 g/mol. The number of rotatable bonds is 3. The van der Waals surface area contributed by atoms with E-state index in [9.17, 15) is 0 Å². The van der Waals surface area contributed by atoms with Gasteiger partial charge in [0.2, 0.25) is 0 Å². The van der Waals surface area contributed by atoms with E-state index in [1.54, 1.807) is 5.92 Å². The van der Waals surface area contributed by atoms with Crippen LogP contribution in [0.3, 0.4) is 0 Å². The summed E-state index contributed by atoms with van der Waals surface area (Å²) in [5.41, 5.74) is 4.24. The minimum absolute atomic E-state index is 0. The van der Waals surface area contributed by atoms with Gasteiger partial charge in [-0.1, -0.05) is 79.6 Å². The predicted molar refractivity (Wildman–Crippen MR) is 96.3 cm³/mol. The summed E-state index contributed by atoms with van der Waals surface area (Å²) in [5.74, 6) is 1.57. The first-order valence-electron chi connectivity index (χ1n) is 8.44. The first-order valence-corrected chi connectivity index (χ1v) is 8.44. The maximum Gasteiger partial charge on any atom is 0 e. The monoisotopic (exact) mass is 355 g/mol. The molecule has 1 aliphatic carbocycles. The van der Waals surface area contributed by atoms with Crippen LogP contribution >= 0.6 is 0 Å². The van der Waals surface area contributed by atoms with Crippen LogP contribution in [0, 0.1) is 5.92 Å². The Balaban J connectivity index is 0.00000169. The summed E-state index contributed by atoms with van der Waals surface area (Å²) in [5, 5.41) is 0. The van der Waals surface area contributed by atoms with E-state index in [4.69, 9.17) is 0 Å². The van der Waals surface area contributed by atoms with Gasteiger partial charge in [0.05, 0.1) is 0 Å². The molecule has 0 atom stereocenters. The minimum atomic E-state index is 0. The molecule has 4 rings (SSSR count). The van der Waals surface area contributed by atoms with E-state index in [0.29, 0.717) is 0 Å². The van der Waals surface area contributed by atoms with Crippen molar-refractivity contribution in [3.63, 3.8) is 0 Å². The van der Waals surface area contributed by atoms with Gasteiger partial charge in [0.25, 0.3) is 0 Å². The normalized spacial score (nSPS) is 15.8. The van der Waals surface area contributed by atoms with Crippen LogP contribution in [0.5, 0.6) is 0 Å². The molecular weight excluding hydrogens is 335 g/mol. The molecule has 1 saturated carbocycles. The summed E-state index contributed by atoms with van der Waals surface area (Å²) in [6.07, 6.45) is 3.60. The molecule has 1 aliphatic rings. The molecule has 0 N–H and O–H groups in total. The molecule has 3 aromatic rings. The summed E-state index contributed by atoms with van der Waals surface area (Å²) in [6, 6.07) is 33.0. The van der Waals surface area contributed by atoms with Crippen LogP contribution < -0.4 is 0 Å². The fourth-order valence-corrected chi connectivity index (χ4v) is 4.17. The third kappa shape index (κ3) is 2.78. The predicted octanol–water partition coefficient (Wildman–Crippen LogP) is 5.78. The smallest absolute Gasteiger partial charge is 0 e. The summed E-state index contributed by atoms with van der Waals surface area (Å²) in [7, 11) is 0. The minimum Gasteiger partial charge on any atom is -0.188 e. The molecule has 0 saturated heterocycles. The van der Waals surface area contributed by atoms with Crippen LogP contribution in [-0.4, -0.2) is 0 Å². The van der Waals surface area contributed by atoms with Crippen LogP contribution in [0.25, 0.3) is 0 Å². The third-order valence-corrected chi connectivity index (χ3v) is 5.15. The number of benzene rings is 3. The van der Waals surface area contributed by atoms with Crippen molar-refractivity contribution in [2.24, 2.45) is 0 Å². The Morgan fingerprint density at radius 1 is 0.625 bits per heavy atom. The van der Waals surface area contributed by atoms with Crippen LogP contribution in [0.15, 0.2) is 91.0 Å². The fraction of sp³-hybridized carbons (Fsp3) is 0.174. The standard InChI is InChI=1S/C23H21.Ni/c1-4-11-19(12-5-1)22-17-10-18-23(22,20-13-6-2-7-14-20)21-15-8-3-9-16-21;/h1-9,11-16H,10,17-18H2;/q-1;. The van der Waals surface area contributed by atoms with Crippen LogP contribution in [0.2, 0.25) is 0 Å². The second-order valence-corrected chi connectivity index (χ2v) is 6.34. The first-order chi connectivity index (χ1) is 11.4. The van der Waals surface area contributed by atoms with Crippen LogP contribution in [-0.2, 0) is 21.9 Å². The van der Waals surface area contributed by atoms with Crippen molar-refractivity contribution in [3.8, 4) is 0 Å². The second-order valence-electron chi connectivity index (χ2n) is 6.34. The molecule has 124 valence electrons. The van der Waals surface area contributed by atoms with Gasteiger partial charge in [-0.25, -0.2) is 0 Å². The largest absolute Gasteiger partial charge is 0.188 e. The first kappa shape index (κ1) is 16.9. The SMILES string of the molecule is [Ni].c1ccc([C-]2CCCC2(c2ccccc2)c2ccccc2)cc1. The molecule has 0 nitrogen and oxygen atoms in total. The molecule has 0 aliphatic heterocycles. The fourth-order valence-electron chi connectivity index (χ4n) is 4.17. The van der Waals surface area contributed by atoms with Crippen molar-refractivity contribution < 1.29 is 16.5 Å². The van der Waals surface area contributed by atoms with Gasteiger partial charge in [-0.05, 0) is 23.0 Å². The zero-order valence-corrected chi connectivity index (χ0v) is 14.6. The maximum atomic E-state index is 2.29. The van der Waals surface area contributed by atoms with Gasteiger partial charge >= 0.3 is 0 Å². The molecule has 0 bridgehead atoms. The van der Waals surface area contributed by atoms with E-state index in [2.05, 4.69) is 91.0 Å². The molecule has 0 amide bonds. The summed E-state index contributed by atoms with van der Waals surface area (Å²) < 4.78 is 0. The topological polar surface area (TPSA) is 0 Å². The Bertz CT molecular complexity index is 710. The van der Waals surface area contributed by atoms with Crippen molar-refractivity contribution in [1.29, 1.82) is 0 Å². The van der Waals surface area contributed by atoms with Gasteiger partial charge in [0.1, 0.15) is 0 Å². The van der Waals surface area contributed by atoms with E-state index < -0.39 is 0 Å². The zero-order valence-electron chi connectivity index (χ0n) is 13.6. The van der Waals surface area contributed by atoms with Gasteiger partial charge in [0.15, 0.2) is 0 Å². The Labute approximate surface area is 154 Å². The third-order valence-electron chi connectivity index (χ3n) is 5.15. The van der Waals surface area contributed by atoms with Crippen LogP contribution in [0.1, 0.15) is 36.0 Å². The molecule has 0 heterocycles. The Kier molecular flexibility index (Phi) is 5.12. The molecule has 0 spiro atoms. The quantitative estimate of drug-likeness (QED) is 0.412. The molecular formula is C23H21Ni-. The van der Waals surface area contributed by atoms with Crippen molar-refractivity contribution in [1.82, 2.24) is 0 Å². The second kappa shape index (κ2) is 7.28. The molecule has 1 heteroatoms. The Morgan fingerprint density at radius 3 is 1.58 bits per heavy atom. The molecule has 24 heavy (non-hydrogen) atoms. The van der Waals surface area contributed by atoms with Crippen molar-refractivity contribution in [2.75, 3.05) is 0 Å². The van der Waals surface area contributed by atoms with E-state index in [1.807, 2.05) is 0 Å². The average Bonchev–Trinajstić information content (AvgIpc) is 3.10. The van der Waals surface area contributed by atoms with Gasteiger partial charge in [-0.15, -0.1) is 12.1 Å². The van der Waals surface area contributed by atoms with E-state index in [0.717, 1.165) is 0 Å². The molecule has 0 aromatic heterocycles. The molecule has 1 fully saturated rings. The summed E-state index contributed by atoms with van der Waals surface area (Å²) >= 11 is 0. The Hall–Kier alpha value is -1.98. The van der Waals surface area contributed by atoms with E-state index >= 15 is 0 Å². The van der Waals surface area contributed by atoms with Crippen LogP contribution in [0.4, 0.5) is 0 Å². The van der Waals surface area contributed by atoms with Crippen molar-refractivity contribution >= 4 is 0 Å². The molecule has 0 radical (unpaired) electrons. The Morgan fingerprint density at radius 2 is 1.08 bits per heavy atom. The van der Waals surface area contributed by atoms with Gasteiger partial charge < -0.3 is 0 Å². The maximum absolute atomic E-state index is 2.29. The zero-order chi connectivity index (χ0) is 15.5. The summed E-state index contributed by atoms with van der Waals surface area (Å²) in [6.45, 7) is 0. The number of hydrogen-bond acceptors (Lipinski definition) is 0. The van der Waals surface area contributed by atoms with Crippen molar-refractivity contribution in [2.45, 2.75) is 24.7 Å². The van der Waals surface area contributed by atoms with Crippen molar-refractivity contribution in [3.05, 3.63) is 114 Å². The van der Waals surface area contributed by atoms with E-state index in [-0.39, 0.29) is 21.9 Å².